The van der Waals surface area contributed by atoms with Gasteiger partial charge in [-0.25, -0.2) is 0 Å². The number of aryl methyl sites for hydroxylation is 8. The Bertz CT molecular complexity index is 1310. The van der Waals surface area contributed by atoms with Gasteiger partial charge in [0.25, 0.3) is 0 Å². The lowest BCUT2D eigenvalue weighted by molar-refractivity contribution is 1.01. The van der Waals surface area contributed by atoms with Gasteiger partial charge in [0.15, 0.2) is 15.8 Å². The van der Waals surface area contributed by atoms with Gasteiger partial charge in [-0.15, -0.1) is 0 Å². The maximum absolute atomic E-state index is 2.82. The number of hydrogen-bond acceptors (Lipinski definition) is 4. The Labute approximate surface area is 255 Å². The molecule has 42 heavy (non-hydrogen) atoms. The van der Waals surface area contributed by atoms with E-state index in [-0.39, 0.29) is 0 Å². The molecule has 0 bridgehead atoms. The lowest BCUT2D eigenvalue weighted by Gasteiger charge is -2.45. The monoisotopic (exact) mass is 594 g/mol. The summed E-state index contributed by atoms with van der Waals surface area (Å²) in [7, 11) is -1.57. The second-order valence-corrected chi connectivity index (χ2v) is 17.1. The van der Waals surface area contributed by atoms with Crippen LogP contribution in [0, 0.1) is 55.4 Å². The van der Waals surface area contributed by atoms with Crippen molar-refractivity contribution in [3.8, 4) is 0 Å². The van der Waals surface area contributed by atoms with E-state index in [1.165, 1.54) is 67.3 Å². The molecule has 2 saturated heterocycles. The maximum atomic E-state index is 2.82. The Balaban J connectivity index is 1.62. The molecular formula is C36H44N4P2. The van der Waals surface area contributed by atoms with E-state index in [1.54, 1.807) is 0 Å². The summed E-state index contributed by atoms with van der Waals surface area (Å²) in [4.78, 5) is 0. The number of hydrogen-bond donors (Lipinski definition) is 0. The van der Waals surface area contributed by atoms with Gasteiger partial charge >= 0.3 is 0 Å². The highest BCUT2D eigenvalue weighted by atomic mass is 32.1. The summed E-state index contributed by atoms with van der Waals surface area (Å²) < 4.78 is 11.3. The summed E-state index contributed by atoms with van der Waals surface area (Å²) in [6, 6.07) is 27.2. The zero-order valence-corrected chi connectivity index (χ0v) is 28.2. The fourth-order valence-corrected chi connectivity index (χ4v) is 15.8. The second kappa shape index (κ2) is 11.6. The molecule has 0 spiro atoms. The standard InChI is InChI=1S/C36H44N4P2/c1-25-13-9-14-26(2)33(25)37-21-22-38(34-27(3)15-10-16-28(34)4)41(37)42-39(35-29(5)17-11-18-30(35)6)23-24-40(42)36-31(7)19-12-20-32(36)8/h9-20H,21-24H2,1-8H3. The van der Waals surface area contributed by atoms with Crippen LogP contribution >= 0.6 is 15.8 Å². The number of para-hydroxylation sites is 4. The third kappa shape index (κ3) is 4.87. The minimum Gasteiger partial charge on any atom is -0.325 e. The largest absolute Gasteiger partial charge is 0.325 e. The molecule has 4 aromatic rings. The lowest BCUT2D eigenvalue weighted by Crippen LogP contribution is -2.25. The number of benzene rings is 4. The summed E-state index contributed by atoms with van der Waals surface area (Å²) in [6.07, 6.45) is 0. The van der Waals surface area contributed by atoms with Crippen molar-refractivity contribution < 1.29 is 0 Å². The minimum atomic E-state index is -0.783. The molecule has 0 radical (unpaired) electrons. The molecule has 6 rings (SSSR count). The van der Waals surface area contributed by atoms with E-state index in [0.717, 1.165) is 26.2 Å². The van der Waals surface area contributed by atoms with Crippen molar-refractivity contribution in [3.63, 3.8) is 0 Å². The summed E-state index contributed by atoms with van der Waals surface area (Å²) in [5.74, 6) is 0. The third-order valence-corrected chi connectivity index (χ3v) is 16.1. The molecule has 6 heteroatoms. The zero-order valence-electron chi connectivity index (χ0n) is 26.4. The number of rotatable bonds is 5. The summed E-state index contributed by atoms with van der Waals surface area (Å²) in [6.45, 7) is 22.5. The minimum absolute atomic E-state index is 0.783. The van der Waals surface area contributed by atoms with Crippen molar-refractivity contribution in [3.05, 3.63) is 117 Å². The lowest BCUT2D eigenvalue weighted by atomic mass is 10.1. The first-order valence-corrected chi connectivity index (χ1v) is 18.3. The highest BCUT2D eigenvalue weighted by Gasteiger charge is 2.50. The first-order chi connectivity index (χ1) is 20.2. The fourth-order valence-electron chi connectivity index (χ4n) is 7.04. The summed E-state index contributed by atoms with van der Waals surface area (Å²) >= 11 is 0. The van der Waals surface area contributed by atoms with E-state index in [4.69, 9.17) is 0 Å². The van der Waals surface area contributed by atoms with Crippen LogP contribution < -0.4 is 18.7 Å². The second-order valence-electron chi connectivity index (χ2n) is 12.0. The average molecular weight is 595 g/mol. The normalized spacial score (nSPS) is 16.3. The van der Waals surface area contributed by atoms with Gasteiger partial charge in [-0.2, -0.15) is 0 Å². The van der Waals surface area contributed by atoms with E-state index >= 15 is 0 Å². The van der Waals surface area contributed by atoms with Crippen LogP contribution in [0.1, 0.15) is 44.5 Å². The maximum Gasteiger partial charge on any atom is 0.166 e. The topological polar surface area (TPSA) is 13.0 Å². The van der Waals surface area contributed by atoms with Crippen LogP contribution in [0.2, 0.25) is 0 Å². The van der Waals surface area contributed by atoms with Gasteiger partial charge in [0.2, 0.25) is 0 Å². The van der Waals surface area contributed by atoms with Crippen molar-refractivity contribution in [2.24, 2.45) is 0 Å². The number of anilines is 4. The van der Waals surface area contributed by atoms with Gasteiger partial charge in [0.05, 0.1) is 0 Å². The van der Waals surface area contributed by atoms with Gasteiger partial charge in [0, 0.05) is 48.9 Å². The predicted molar refractivity (Wildman–Crippen MR) is 187 cm³/mol. The van der Waals surface area contributed by atoms with E-state index in [0.29, 0.717) is 0 Å². The van der Waals surface area contributed by atoms with Gasteiger partial charge in [-0.1, -0.05) is 72.8 Å². The molecule has 218 valence electrons. The summed E-state index contributed by atoms with van der Waals surface area (Å²) in [5, 5.41) is 0. The van der Waals surface area contributed by atoms with E-state index in [9.17, 15) is 0 Å². The van der Waals surface area contributed by atoms with Crippen molar-refractivity contribution in [2.45, 2.75) is 55.4 Å². The molecule has 2 heterocycles. The molecule has 0 N–H and O–H groups in total. The van der Waals surface area contributed by atoms with E-state index in [2.05, 4.69) is 147 Å². The number of nitrogens with zero attached hydrogens (tertiary/aromatic N) is 4. The molecule has 0 unspecified atom stereocenters. The molecule has 0 amide bonds. The molecule has 2 fully saturated rings. The molecule has 2 aliphatic rings. The van der Waals surface area contributed by atoms with Crippen LogP contribution in [0.5, 0.6) is 0 Å². The van der Waals surface area contributed by atoms with Crippen LogP contribution in [0.25, 0.3) is 0 Å². The van der Waals surface area contributed by atoms with E-state index in [1.807, 2.05) is 0 Å². The first kappa shape index (κ1) is 29.0. The van der Waals surface area contributed by atoms with Crippen LogP contribution in [0.3, 0.4) is 0 Å². The molecule has 4 aromatic carbocycles. The van der Waals surface area contributed by atoms with Crippen molar-refractivity contribution in [1.29, 1.82) is 0 Å². The zero-order chi connectivity index (χ0) is 29.7. The first-order valence-electron chi connectivity index (χ1n) is 15.1. The Morgan fingerprint density at radius 1 is 0.333 bits per heavy atom. The van der Waals surface area contributed by atoms with Crippen LogP contribution in [0.4, 0.5) is 22.7 Å². The third-order valence-electron chi connectivity index (χ3n) is 8.86. The molecule has 2 aliphatic heterocycles. The van der Waals surface area contributed by atoms with Gasteiger partial charge in [0.1, 0.15) is 0 Å². The predicted octanol–water partition coefficient (Wildman–Crippen LogP) is 10.0. The Kier molecular flexibility index (Phi) is 7.99. The highest BCUT2D eigenvalue weighted by Crippen LogP contribution is 2.81. The molecule has 0 aromatic heterocycles. The van der Waals surface area contributed by atoms with Gasteiger partial charge in [-0.05, 0) is 99.9 Å². The molecule has 4 nitrogen and oxygen atoms in total. The average Bonchev–Trinajstić information content (AvgIpc) is 3.53. The fraction of sp³-hybridized carbons (Fsp3) is 0.333. The molecular weight excluding hydrogens is 550 g/mol. The molecule has 0 aliphatic carbocycles. The van der Waals surface area contributed by atoms with Crippen LogP contribution in [0.15, 0.2) is 72.8 Å². The quantitative estimate of drug-likeness (QED) is 0.213. The van der Waals surface area contributed by atoms with E-state index < -0.39 is 15.8 Å². The van der Waals surface area contributed by atoms with Crippen molar-refractivity contribution >= 4 is 38.6 Å². The van der Waals surface area contributed by atoms with Crippen LogP contribution in [-0.2, 0) is 0 Å². The van der Waals surface area contributed by atoms with Gasteiger partial charge < -0.3 is 18.7 Å². The Hall–Kier alpha value is -3.06. The SMILES string of the molecule is Cc1cccc(C)c1N1CCN(c2c(C)cccc2C)P1P1N(c2c(C)cccc2C)CCN1c1c(C)cccc1C. The highest BCUT2D eigenvalue weighted by molar-refractivity contribution is 8.32. The smallest absolute Gasteiger partial charge is 0.166 e. The Morgan fingerprint density at radius 3 is 0.667 bits per heavy atom. The van der Waals surface area contributed by atoms with Gasteiger partial charge in [-0.3, -0.25) is 0 Å². The Morgan fingerprint density at radius 2 is 0.500 bits per heavy atom. The molecule has 0 saturated carbocycles. The van der Waals surface area contributed by atoms with Crippen LogP contribution in [-0.4, -0.2) is 26.2 Å². The summed E-state index contributed by atoms with van der Waals surface area (Å²) in [5.41, 5.74) is 16.7. The van der Waals surface area contributed by atoms with Crippen molar-refractivity contribution in [2.75, 3.05) is 44.9 Å². The van der Waals surface area contributed by atoms with Crippen molar-refractivity contribution in [1.82, 2.24) is 0 Å². The molecule has 0 atom stereocenters.